The summed E-state index contributed by atoms with van der Waals surface area (Å²) in [6, 6.07) is 7.55. The van der Waals surface area contributed by atoms with Crippen molar-refractivity contribution >= 4 is 10.0 Å². The Morgan fingerprint density at radius 3 is 2.14 bits per heavy atom. The highest BCUT2D eigenvalue weighted by Crippen LogP contribution is 2.20. The van der Waals surface area contributed by atoms with Crippen LogP contribution in [-0.2, 0) is 22.4 Å². The third kappa shape index (κ3) is 4.26. The molecule has 5 nitrogen and oxygen atoms in total. The molecule has 2 rings (SSSR count). The number of rotatable bonds is 5. The fraction of sp³-hybridized carbons (Fsp3) is 0.600. The Kier molecular flexibility index (Phi) is 5.37. The third-order valence-corrected chi connectivity index (χ3v) is 5.95. The fourth-order valence-electron chi connectivity index (χ4n) is 2.68. The van der Waals surface area contributed by atoms with Gasteiger partial charge in [0.1, 0.15) is 0 Å². The van der Waals surface area contributed by atoms with Crippen LogP contribution in [0.4, 0.5) is 0 Å². The van der Waals surface area contributed by atoms with Gasteiger partial charge in [-0.15, -0.1) is 0 Å². The number of sulfonamides is 1. The van der Waals surface area contributed by atoms with Gasteiger partial charge in [-0.1, -0.05) is 24.3 Å². The third-order valence-electron chi connectivity index (χ3n) is 4.10. The first-order valence-corrected chi connectivity index (χ1v) is 8.86. The van der Waals surface area contributed by atoms with Crippen molar-refractivity contribution in [1.29, 1.82) is 0 Å². The first kappa shape index (κ1) is 16.4. The molecule has 118 valence electrons. The second-order valence-electron chi connectivity index (χ2n) is 5.82. The van der Waals surface area contributed by atoms with Crippen molar-refractivity contribution in [2.45, 2.75) is 31.2 Å². The van der Waals surface area contributed by atoms with Gasteiger partial charge < -0.3 is 10.0 Å². The van der Waals surface area contributed by atoms with E-state index >= 15 is 0 Å². The van der Waals surface area contributed by atoms with E-state index in [2.05, 4.69) is 4.90 Å². The van der Waals surface area contributed by atoms with E-state index in [4.69, 9.17) is 5.11 Å². The van der Waals surface area contributed by atoms with Crippen LogP contribution >= 0.6 is 0 Å². The fourth-order valence-corrected chi connectivity index (χ4v) is 4.24. The number of hydrogen-bond donors (Lipinski definition) is 1. The molecule has 1 aliphatic heterocycles. The van der Waals surface area contributed by atoms with Gasteiger partial charge >= 0.3 is 0 Å². The van der Waals surface area contributed by atoms with Crippen LogP contribution in [0.3, 0.4) is 0 Å². The number of benzene rings is 1. The highest BCUT2D eigenvalue weighted by molar-refractivity contribution is 7.88. The Hall–Kier alpha value is -0.950. The maximum absolute atomic E-state index is 12.4. The summed E-state index contributed by atoms with van der Waals surface area (Å²) in [5, 5.41) is 9.00. The van der Waals surface area contributed by atoms with Crippen molar-refractivity contribution in [3.63, 3.8) is 0 Å². The maximum atomic E-state index is 12.4. The molecule has 0 atom stereocenters. The summed E-state index contributed by atoms with van der Waals surface area (Å²) < 4.78 is 26.5. The van der Waals surface area contributed by atoms with Crippen molar-refractivity contribution in [3.8, 4) is 0 Å². The van der Waals surface area contributed by atoms with E-state index in [0.717, 1.165) is 24.0 Å². The molecule has 1 saturated heterocycles. The Balaban J connectivity index is 1.98. The summed E-state index contributed by atoms with van der Waals surface area (Å²) >= 11 is 0. The Morgan fingerprint density at radius 2 is 1.67 bits per heavy atom. The molecule has 0 saturated carbocycles. The Bertz CT molecular complexity index is 547. The van der Waals surface area contributed by atoms with E-state index < -0.39 is 10.0 Å². The molecule has 1 heterocycles. The molecule has 0 aliphatic carbocycles. The van der Waals surface area contributed by atoms with Crippen LogP contribution in [0.1, 0.15) is 24.0 Å². The molecule has 0 bridgehead atoms. The number of nitrogens with zero attached hydrogens (tertiary/aromatic N) is 2. The van der Waals surface area contributed by atoms with Crippen LogP contribution in [0, 0.1) is 0 Å². The lowest BCUT2D eigenvalue weighted by Crippen LogP contribution is -2.44. The number of hydrogen-bond acceptors (Lipinski definition) is 4. The zero-order valence-electron chi connectivity index (χ0n) is 12.7. The summed E-state index contributed by atoms with van der Waals surface area (Å²) in [5.41, 5.74) is 1.56. The summed E-state index contributed by atoms with van der Waals surface area (Å²) in [4.78, 5) is 2.16. The van der Waals surface area contributed by atoms with Crippen molar-refractivity contribution < 1.29 is 13.5 Å². The standard InChI is InChI=1S/C15H24N2O3S/c1-16(2)15-7-9-17(10-8-15)21(19,20)12-14-5-3-13(11-18)4-6-14/h3-6,15,18H,7-12H2,1-2H3. The van der Waals surface area contributed by atoms with Crippen LogP contribution < -0.4 is 0 Å². The van der Waals surface area contributed by atoms with Crippen LogP contribution in [0.2, 0.25) is 0 Å². The molecular weight excluding hydrogens is 288 g/mol. The maximum Gasteiger partial charge on any atom is 0.218 e. The molecule has 0 amide bonds. The van der Waals surface area contributed by atoms with Gasteiger partial charge in [0.15, 0.2) is 0 Å². The lowest BCUT2D eigenvalue weighted by Gasteiger charge is -2.34. The van der Waals surface area contributed by atoms with E-state index in [9.17, 15) is 8.42 Å². The second-order valence-corrected chi connectivity index (χ2v) is 7.79. The van der Waals surface area contributed by atoms with Crippen LogP contribution in [0.5, 0.6) is 0 Å². The average molecular weight is 312 g/mol. The van der Waals surface area contributed by atoms with Gasteiger partial charge in [-0.25, -0.2) is 12.7 Å². The van der Waals surface area contributed by atoms with Gasteiger partial charge in [0.05, 0.1) is 12.4 Å². The molecule has 1 aromatic carbocycles. The van der Waals surface area contributed by atoms with Gasteiger partial charge in [0.2, 0.25) is 10.0 Å². The number of aliphatic hydroxyl groups excluding tert-OH is 1. The van der Waals surface area contributed by atoms with E-state index in [0.29, 0.717) is 19.1 Å². The van der Waals surface area contributed by atoms with Crippen LogP contribution in [0.15, 0.2) is 24.3 Å². The van der Waals surface area contributed by atoms with Gasteiger partial charge in [-0.3, -0.25) is 0 Å². The Labute approximate surface area is 127 Å². The van der Waals surface area contributed by atoms with Gasteiger partial charge in [-0.2, -0.15) is 0 Å². The molecule has 0 radical (unpaired) electrons. The molecule has 1 aromatic rings. The summed E-state index contributed by atoms with van der Waals surface area (Å²) in [6.07, 6.45) is 1.77. The minimum atomic E-state index is -3.25. The molecular formula is C15H24N2O3S. The molecule has 0 unspecified atom stereocenters. The minimum Gasteiger partial charge on any atom is -0.392 e. The number of aliphatic hydroxyl groups is 1. The largest absolute Gasteiger partial charge is 0.392 e. The van der Waals surface area contributed by atoms with Crippen molar-refractivity contribution in [1.82, 2.24) is 9.21 Å². The Morgan fingerprint density at radius 1 is 1.14 bits per heavy atom. The monoisotopic (exact) mass is 312 g/mol. The quantitative estimate of drug-likeness (QED) is 0.882. The lowest BCUT2D eigenvalue weighted by atomic mass is 10.1. The van der Waals surface area contributed by atoms with E-state index in [-0.39, 0.29) is 12.4 Å². The minimum absolute atomic E-state index is 0.0227. The highest BCUT2D eigenvalue weighted by Gasteiger charge is 2.28. The molecule has 6 heteroatoms. The molecule has 1 fully saturated rings. The molecule has 21 heavy (non-hydrogen) atoms. The lowest BCUT2D eigenvalue weighted by molar-refractivity contribution is 0.196. The SMILES string of the molecule is CN(C)C1CCN(S(=O)(=O)Cc2ccc(CO)cc2)CC1. The van der Waals surface area contributed by atoms with Crippen LogP contribution in [-0.4, -0.2) is 56.0 Å². The zero-order valence-corrected chi connectivity index (χ0v) is 13.5. The number of piperidine rings is 1. The molecule has 0 aromatic heterocycles. The predicted octanol–water partition coefficient (Wildman–Crippen LogP) is 1.03. The summed E-state index contributed by atoms with van der Waals surface area (Å²) in [7, 11) is 0.826. The van der Waals surface area contributed by atoms with E-state index in [1.807, 2.05) is 14.1 Å². The summed E-state index contributed by atoms with van der Waals surface area (Å²) in [5.74, 6) is 0.0331. The van der Waals surface area contributed by atoms with Crippen molar-refractivity contribution in [2.75, 3.05) is 27.2 Å². The predicted molar refractivity (Wildman–Crippen MR) is 83.3 cm³/mol. The normalized spacial score (nSPS) is 18.3. The topological polar surface area (TPSA) is 60.9 Å². The molecule has 1 aliphatic rings. The van der Waals surface area contributed by atoms with E-state index in [1.165, 1.54) is 0 Å². The molecule has 0 spiro atoms. The second kappa shape index (κ2) is 6.87. The average Bonchev–Trinajstić information content (AvgIpc) is 2.48. The van der Waals surface area contributed by atoms with Gasteiger partial charge in [-0.05, 0) is 38.1 Å². The van der Waals surface area contributed by atoms with Gasteiger partial charge in [0, 0.05) is 19.1 Å². The van der Waals surface area contributed by atoms with E-state index in [1.54, 1.807) is 28.6 Å². The highest BCUT2D eigenvalue weighted by atomic mass is 32.2. The van der Waals surface area contributed by atoms with Crippen molar-refractivity contribution in [2.24, 2.45) is 0 Å². The molecule has 1 N–H and O–H groups in total. The first-order chi connectivity index (χ1) is 9.92. The van der Waals surface area contributed by atoms with Crippen molar-refractivity contribution in [3.05, 3.63) is 35.4 Å². The van der Waals surface area contributed by atoms with Crippen LogP contribution in [0.25, 0.3) is 0 Å². The smallest absolute Gasteiger partial charge is 0.218 e. The van der Waals surface area contributed by atoms with Gasteiger partial charge in [0.25, 0.3) is 0 Å². The first-order valence-electron chi connectivity index (χ1n) is 7.25. The zero-order chi connectivity index (χ0) is 15.5. The summed E-state index contributed by atoms with van der Waals surface area (Å²) in [6.45, 7) is 1.17.